The second-order valence-corrected chi connectivity index (χ2v) is 12.2. The Morgan fingerprint density at radius 3 is 1.58 bits per heavy atom. The Labute approximate surface area is 289 Å². The maximum atomic E-state index is 12.8. The lowest BCUT2D eigenvalue weighted by Crippen LogP contribution is -2.21. The van der Waals surface area contributed by atoms with E-state index in [0.717, 1.165) is 42.9 Å². The third-order valence-electron chi connectivity index (χ3n) is 9.63. The van der Waals surface area contributed by atoms with Gasteiger partial charge in [0.05, 0.1) is 44.8 Å². The Morgan fingerprint density at radius 2 is 1.02 bits per heavy atom. The first-order valence-corrected chi connectivity index (χ1v) is 17.0. The molecule has 0 aliphatic rings. The van der Waals surface area contributed by atoms with Crippen LogP contribution in [0.5, 0.6) is 0 Å². The van der Waals surface area contributed by atoms with Crippen LogP contribution in [0, 0.1) is 0 Å². The van der Waals surface area contributed by atoms with Crippen molar-refractivity contribution in [2.45, 2.75) is 27.7 Å². The fourth-order valence-corrected chi connectivity index (χ4v) is 7.17. The maximum absolute atomic E-state index is 12.8. The summed E-state index contributed by atoms with van der Waals surface area (Å²) in [4.78, 5) is 30.0. The number of hydrogen-bond acceptors (Lipinski definition) is 4. The molecular weight excluding hydrogens is 628 g/mol. The highest BCUT2D eigenvalue weighted by Gasteiger charge is 2.32. The summed E-state index contributed by atoms with van der Waals surface area (Å²) >= 11 is 0. The van der Waals surface area contributed by atoms with E-state index in [1.807, 2.05) is 48.5 Å². The van der Waals surface area contributed by atoms with E-state index in [1.54, 1.807) is 42.5 Å². The van der Waals surface area contributed by atoms with Crippen LogP contribution in [0.15, 0.2) is 106 Å². The van der Waals surface area contributed by atoms with E-state index in [4.69, 9.17) is 8.83 Å². The summed E-state index contributed by atoms with van der Waals surface area (Å²) in [5.41, 5.74) is 6.62. The van der Waals surface area contributed by atoms with E-state index in [0.29, 0.717) is 60.7 Å². The summed E-state index contributed by atoms with van der Waals surface area (Å²) in [5.74, 6) is -2.15. The molecule has 0 aliphatic heterocycles. The van der Waals surface area contributed by atoms with Crippen molar-refractivity contribution >= 4 is 67.2 Å². The molecule has 8 heteroatoms. The van der Waals surface area contributed by atoms with Gasteiger partial charge in [-0.1, -0.05) is 36.4 Å². The van der Waals surface area contributed by atoms with Crippen molar-refractivity contribution in [3.8, 4) is 22.3 Å². The van der Waals surface area contributed by atoms with Crippen LogP contribution in [0.25, 0.3) is 66.1 Å². The molecule has 50 heavy (non-hydrogen) atoms. The van der Waals surface area contributed by atoms with Gasteiger partial charge >= 0.3 is 34.3 Å². The van der Waals surface area contributed by atoms with Gasteiger partial charge < -0.3 is 20.0 Å². The van der Waals surface area contributed by atoms with Crippen LogP contribution in [0.2, 0.25) is 0 Å². The molecule has 0 saturated heterocycles. The number of carbonyl (C=O) groups is 2. The van der Waals surface area contributed by atoms with Gasteiger partial charge in [0.15, 0.2) is 0 Å². The average Bonchev–Trinajstić information content (AvgIpc) is 3.13. The highest BCUT2D eigenvalue weighted by atomic mass is 16.4. The molecule has 5 aromatic carbocycles. The fraction of sp³-hybridized carbons (Fsp3) is 0.190. The number of hydrogen-bond donors (Lipinski definition) is 2. The number of benzene rings is 5. The summed E-state index contributed by atoms with van der Waals surface area (Å²) < 4.78 is 13.5. The van der Waals surface area contributed by atoms with Gasteiger partial charge in [-0.15, -0.1) is 0 Å². The number of fused-ring (bicyclic) bond motifs is 4. The zero-order valence-electron chi connectivity index (χ0n) is 28.5. The highest BCUT2D eigenvalue weighted by Crippen LogP contribution is 2.47. The lowest BCUT2D eigenvalue weighted by Gasteiger charge is -2.20. The van der Waals surface area contributed by atoms with Crippen molar-refractivity contribution in [1.29, 1.82) is 0 Å². The van der Waals surface area contributed by atoms with Crippen molar-refractivity contribution in [3.63, 3.8) is 0 Å². The highest BCUT2D eigenvalue weighted by molar-refractivity contribution is 6.23. The smallest absolute Gasteiger partial charge is 0.371 e. The molecule has 7 rings (SSSR count). The molecule has 0 fully saturated rings. The van der Waals surface area contributed by atoms with Crippen LogP contribution < -0.4 is 9.80 Å². The number of nitrogens with zero attached hydrogens (tertiary/aromatic N) is 2. The number of carboxylic acids is 2. The number of anilines is 2. The summed E-state index contributed by atoms with van der Waals surface area (Å²) in [5, 5.41) is 23.7. The molecule has 0 aliphatic carbocycles. The van der Waals surface area contributed by atoms with Gasteiger partial charge in [-0.05, 0) is 81.3 Å². The second kappa shape index (κ2) is 13.1. The summed E-state index contributed by atoms with van der Waals surface area (Å²) in [6.07, 6.45) is 0. The SMILES string of the molecule is CCN(CC)c1ccc2cc3c(-c4ccccc4C(=O)O)c4c(-c5ccccc5C(=O)O)c5ccc(N(CC)CC)cc5[o+]c4cc3[o+]c2c1. The van der Waals surface area contributed by atoms with Crippen LogP contribution in [0.3, 0.4) is 0 Å². The van der Waals surface area contributed by atoms with E-state index in [9.17, 15) is 19.8 Å². The van der Waals surface area contributed by atoms with Gasteiger partial charge in [-0.25, -0.2) is 18.4 Å². The van der Waals surface area contributed by atoms with E-state index >= 15 is 0 Å². The molecule has 7 aromatic rings. The van der Waals surface area contributed by atoms with Crippen molar-refractivity contribution in [3.05, 3.63) is 108 Å². The first kappa shape index (κ1) is 32.5. The molecular formula is C42H38N2O6+2. The molecule has 0 unspecified atom stereocenters. The second-order valence-electron chi connectivity index (χ2n) is 12.2. The van der Waals surface area contributed by atoms with Gasteiger partial charge in [0.25, 0.3) is 0 Å². The Morgan fingerprint density at radius 1 is 0.540 bits per heavy atom. The Bertz CT molecular complexity index is 2460. The zero-order valence-corrected chi connectivity index (χ0v) is 28.5. The standard InChI is InChI=1S/C42H36N2O6/c1-5-43(6-2)26-18-17-25-21-33-36(49-34(25)22-26)24-37-40(39(33)29-14-10-12-16-31(29)42(47)48)38(28-13-9-11-15-30(28)41(45)46)32-20-19-27(23-35(32)50-37)44(7-3)8-4/h9-24H,5-8H2,1-4H3/p+2. The van der Waals surface area contributed by atoms with Crippen LogP contribution in [-0.4, -0.2) is 48.3 Å². The molecule has 0 saturated carbocycles. The lowest BCUT2D eigenvalue weighted by molar-refractivity contribution is 0.0687. The van der Waals surface area contributed by atoms with Crippen LogP contribution in [0.4, 0.5) is 11.4 Å². The van der Waals surface area contributed by atoms with Crippen molar-refractivity contribution < 1.29 is 28.6 Å². The summed E-state index contributed by atoms with van der Waals surface area (Å²) in [6.45, 7) is 11.7. The molecule has 2 heterocycles. The third-order valence-corrected chi connectivity index (χ3v) is 9.63. The molecule has 0 atom stereocenters. The van der Waals surface area contributed by atoms with Gasteiger partial charge in [0, 0.05) is 48.7 Å². The molecule has 0 radical (unpaired) electrons. The monoisotopic (exact) mass is 666 g/mol. The van der Waals surface area contributed by atoms with Crippen molar-refractivity contribution in [2.24, 2.45) is 0 Å². The van der Waals surface area contributed by atoms with E-state index in [2.05, 4.69) is 43.6 Å². The molecule has 2 aromatic heterocycles. The summed E-state index contributed by atoms with van der Waals surface area (Å²) in [7, 11) is 0. The predicted molar refractivity (Wildman–Crippen MR) is 202 cm³/mol. The van der Waals surface area contributed by atoms with Gasteiger partial charge in [-0.2, -0.15) is 0 Å². The van der Waals surface area contributed by atoms with Gasteiger partial charge in [0.2, 0.25) is 0 Å². The minimum atomic E-state index is -1.08. The van der Waals surface area contributed by atoms with Crippen molar-refractivity contribution in [1.82, 2.24) is 0 Å². The Hall–Kier alpha value is -6.02. The Balaban J connectivity index is 1.72. The lowest BCUT2D eigenvalue weighted by atomic mass is 9.86. The normalized spacial score (nSPS) is 11.4. The van der Waals surface area contributed by atoms with Crippen LogP contribution in [-0.2, 0) is 0 Å². The topological polar surface area (TPSA) is 104 Å². The molecule has 0 spiro atoms. The molecule has 250 valence electrons. The van der Waals surface area contributed by atoms with Crippen molar-refractivity contribution in [2.75, 3.05) is 36.0 Å². The summed E-state index contributed by atoms with van der Waals surface area (Å²) in [6, 6.07) is 29.7. The maximum Gasteiger partial charge on any atom is 0.371 e. The van der Waals surface area contributed by atoms with E-state index in [1.165, 1.54) is 0 Å². The predicted octanol–water partition coefficient (Wildman–Crippen LogP) is 10.5. The van der Waals surface area contributed by atoms with Crippen LogP contribution >= 0.6 is 0 Å². The fourth-order valence-electron chi connectivity index (χ4n) is 7.17. The minimum absolute atomic E-state index is 0.104. The third kappa shape index (κ3) is 5.43. The molecule has 0 amide bonds. The number of carboxylic acid groups (broad SMARTS) is 2. The molecule has 2 N–H and O–H groups in total. The Kier molecular flexibility index (Phi) is 8.53. The minimum Gasteiger partial charge on any atom is -0.478 e. The largest absolute Gasteiger partial charge is 0.478 e. The molecule has 0 bridgehead atoms. The van der Waals surface area contributed by atoms with Crippen LogP contribution in [0.1, 0.15) is 48.4 Å². The first-order chi connectivity index (χ1) is 24.3. The number of aromatic carboxylic acids is 2. The van der Waals surface area contributed by atoms with E-state index < -0.39 is 11.9 Å². The molecule has 8 nitrogen and oxygen atoms in total. The average molecular weight is 667 g/mol. The van der Waals surface area contributed by atoms with Gasteiger partial charge in [0.1, 0.15) is 6.07 Å². The number of rotatable bonds is 10. The first-order valence-electron chi connectivity index (χ1n) is 17.0. The zero-order chi connectivity index (χ0) is 35.1. The van der Waals surface area contributed by atoms with E-state index in [-0.39, 0.29) is 11.1 Å². The van der Waals surface area contributed by atoms with Gasteiger partial charge in [-0.3, -0.25) is 0 Å². The quantitative estimate of drug-likeness (QED) is 0.110.